The SMILES string of the molecule is N#Cc1ccc(OCCn2cc(C(=O)O)nn2)cc1. The molecule has 0 aliphatic heterocycles. The smallest absolute Gasteiger partial charge is 0.358 e. The van der Waals surface area contributed by atoms with Crippen LogP contribution in [0, 0.1) is 11.3 Å². The highest BCUT2D eigenvalue weighted by Crippen LogP contribution is 2.11. The Labute approximate surface area is 108 Å². The Morgan fingerprint density at radius 3 is 2.74 bits per heavy atom. The molecule has 0 saturated heterocycles. The minimum absolute atomic E-state index is 0.0987. The molecule has 96 valence electrons. The summed E-state index contributed by atoms with van der Waals surface area (Å²) in [5.41, 5.74) is 0.466. The van der Waals surface area contributed by atoms with Gasteiger partial charge in [0.1, 0.15) is 12.4 Å². The molecule has 0 aliphatic carbocycles. The van der Waals surface area contributed by atoms with Crippen LogP contribution < -0.4 is 4.74 Å². The number of aromatic carboxylic acids is 1. The molecule has 2 aromatic rings. The fourth-order valence-corrected chi connectivity index (χ4v) is 1.39. The molecule has 0 unspecified atom stereocenters. The number of benzene rings is 1. The predicted molar refractivity (Wildman–Crippen MR) is 63.6 cm³/mol. The van der Waals surface area contributed by atoms with Crippen molar-refractivity contribution in [3.63, 3.8) is 0 Å². The average Bonchev–Trinajstić information content (AvgIpc) is 2.89. The van der Waals surface area contributed by atoms with E-state index in [4.69, 9.17) is 15.1 Å². The highest BCUT2D eigenvalue weighted by Gasteiger charge is 2.07. The van der Waals surface area contributed by atoms with E-state index in [9.17, 15) is 4.79 Å². The third kappa shape index (κ3) is 3.29. The van der Waals surface area contributed by atoms with E-state index in [0.29, 0.717) is 24.5 Å². The zero-order chi connectivity index (χ0) is 13.7. The molecular weight excluding hydrogens is 248 g/mol. The van der Waals surface area contributed by atoms with Gasteiger partial charge in [0, 0.05) is 0 Å². The van der Waals surface area contributed by atoms with Gasteiger partial charge in [0.25, 0.3) is 0 Å². The van der Waals surface area contributed by atoms with Crippen LogP contribution >= 0.6 is 0 Å². The van der Waals surface area contributed by atoms with E-state index in [2.05, 4.69) is 10.3 Å². The maximum Gasteiger partial charge on any atom is 0.358 e. The molecule has 7 nitrogen and oxygen atoms in total. The van der Waals surface area contributed by atoms with Crippen molar-refractivity contribution in [2.45, 2.75) is 6.54 Å². The molecule has 2 rings (SSSR count). The first kappa shape index (κ1) is 12.6. The molecule has 1 heterocycles. The minimum atomic E-state index is -1.11. The summed E-state index contributed by atoms with van der Waals surface area (Å²) in [5, 5.41) is 24.5. The van der Waals surface area contributed by atoms with Crippen LogP contribution in [0.1, 0.15) is 16.1 Å². The summed E-state index contributed by atoms with van der Waals surface area (Å²) in [6.07, 6.45) is 1.34. The van der Waals surface area contributed by atoms with E-state index in [1.54, 1.807) is 24.3 Å². The highest BCUT2D eigenvalue weighted by molar-refractivity contribution is 5.84. The van der Waals surface area contributed by atoms with Crippen molar-refractivity contribution in [3.05, 3.63) is 41.7 Å². The van der Waals surface area contributed by atoms with Crippen molar-refractivity contribution in [2.24, 2.45) is 0 Å². The number of carboxylic acids is 1. The van der Waals surface area contributed by atoms with E-state index in [1.807, 2.05) is 6.07 Å². The number of hydrogen-bond donors (Lipinski definition) is 1. The van der Waals surface area contributed by atoms with Gasteiger partial charge in [-0.15, -0.1) is 5.10 Å². The first-order chi connectivity index (χ1) is 9.19. The van der Waals surface area contributed by atoms with Crippen molar-refractivity contribution in [3.8, 4) is 11.8 Å². The standard InChI is InChI=1S/C12H10N4O3/c13-7-9-1-3-10(4-2-9)19-6-5-16-8-11(12(17)18)14-15-16/h1-4,8H,5-6H2,(H,17,18). The number of carboxylic acid groups (broad SMARTS) is 1. The molecule has 1 aromatic heterocycles. The monoisotopic (exact) mass is 258 g/mol. The van der Waals surface area contributed by atoms with E-state index in [1.165, 1.54) is 10.9 Å². The van der Waals surface area contributed by atoms with Crippen LogP contribution in [0.25, 0.3) is 0 Å². The Morgan fingerprint density at radius 1 is 1.42 bits per heavy atom. The van der Waals surface area contributed by atoms with Gasteiger partial charge < -0.3 is 9.84 Å². The lowest BCUT2D eigenvalue weighted by Crippen LogP contribution is -2.08. The first-order valence-corrected chi connectivity index (χ1v) is 5.45. The van der Waals surface area contributed by atoms with Crippen LogP contribution in [0.4, 0.5) is 0 Å². The average molecular weight is 258 g/mol. The Balaban J connectivity index is 1.85. The zero-order valence-electron chi connectivity index (χ0n) is 9.85. The second kappa shape index (κ2) is 5.64. The molecule has 0 bridgehead atoms. The summed E-state index contributed by atoms with van der Waals surface area (Å²) < 4.78 is 6.83. The molecule has 1 N–H and O–H groups in total. The van der Waals surface area contributed by atoms with Gasteiger partial charge in [-0.25, -0.2) is 9.48 Å². The zero-order valence-corrected chi connectivity index (χ0v) is 9.85. The summed E-state index contributed by atoms with van der Waals surface area (Å²) in [5.74, 6) is -0.475. The normalized spacial score (nSPS) is 9.84. The molecule has 19 heavy (non-hydrogen) atoms. The molecule has 0 atom stereocenters. The molecule has 0 radical (unpaired) electrons. The Morgan fingerprint density at radius 2 is 2.16 bits per heavy atom. The van der Waals surface area contributed by atoms with Crippen molar-refractivity contribution < 1.29 is 14.6 Å². The van der Waals surface area contributed by atoms with Gasteiger partial charge in [-0.05, 0) is 24.3 Å². The Kier molecular flexibility index (Phi) is 3.73. The predicted octanol–water partition coefficient (Wildman–Crippen LogP) is 0.927. The van der Waals surface area contributed by atoms with E-state index < -0.39 is 5.97 Å². The van der Waals surface area contributed by atoms with Gasteiger partial charge in [0.2, 0.25) is 0 Å². The van der Waals surface area contributed by atoms with Crippen LogP contribution in [0.3, 0.4) is 0 Å². The molecule has 7 heteroatoms. The molecule has 0 amide bonds. The topological polar surface area (TPSA) is 101 Å². The fraction of sp³-hybridized carbons (Fsp3) is 0.167. The largest absolute Gasteiger partial charge is 0.492 e. The van der Waals surface area contributed by atoms with Gasteiger partial charge in [-0.2, -0.15) is 5.26 Å². The summed E-state index contributed by atoms with van der Waals surface area (Å²) in [4.78, 5) is 10.6. The number of nitrogens with zero attached hydrogens (tertiary/aromatic N) is 4. The van der Waals surface area contributed by atoms with Crippen LogP contribution in [0.5, 0.6) is 5.75 Å². The van der Waals surface area contributed by atoms with E-state index >= 15 is 0 Å². The number of hydrogen-bond acceptors (Lipinski definition) is 5. The van der Waals surface area contributed by atoms with Crippen molar-refractivity contribution >= 4 is 5.97 Å². The van der Waals surface area contributed by atoms with Crippen LogP contribution in [-0.4, -0.2) is 32.7 Å². The summed E-state index contributed by atoms with van der Waals surface area (Å²) in [6.45, 7) is 0.717. The summed E-state index contributed by atoms with van der Waals surface area (Å²) >= 11 is 0. The fourth-order valence-electron chi connectivity index (χ4n) is 1.39. The lowest BCUT2D eigenvalue weighted by molar-refractivity contribution is 0.0690. The molecule has 0 spiro atoms. The second-order valence-electron chi connectivity index (χ2n) is 3.66. The lowest BCUT2D eigenvalue weighted by Gasteiger charge is -2.05. The number of aromatic nitrogens is 3. The maximum atomic E-state index is 10.6. The summed E-state index contributed by atoms with van der Waals surface area (Å²) in [7, 11) is 0. The van der Waals surface area contributed by atoms with Gasteiger partial charge in [-0.1, -0.05) is 5.21 Å². The van der Waals surface area contributed by atoms with Crippen LogP contribution in [-0.2, 0) is 6.54 Å². The third-order valence-corrected chi connectivity index (χ3v) is 2.33. The molecule has 1 aromatic carbocycles. The van der Waals surface area contributed by atoms with Crippen molar-refractivity contribution in [1.82, 2.24) is 15.0 Å². The number of nitriles is 1. The molecule has 0 fully saturated rings. The maximum absolute atomic E-state index is 10.6. The van der Waals surface area contributed by atoms with Crippen LogP contribution in [0.15, 0.2) is 30.5 Å². The summed E-state index contributed by atoms with van der Waals surface area (Å²) in [6, 6.07) is 8.73. The first-order valence-electron chi connectivity index (χ1n) is 5.45. The number of rotatable bonds is 5. The molecular formula is C12H10N4O3. The van der Waals surface area contributed by atoms with Gasteiger partial charge >= 0.3 is 5.97 Å². The van der Waals surface area contributed by atoms with Gasteiger partial charge in [-0.3, -0.25) is 0 Å². The Bertz CT molecular complexity index is 613. The quantitative estimate of drug-likeness (QED) is 0.855. The van der Waals surface area contributed by atoms with Crippen LogP contribution in [0.2, 0.25) is 0 Å². The van der Waals surface area contributed by atoms with Gasteiger partial charge in [0.05, 0.1) is 24.4 Å². The van der Waals surface area contributed by atoms with E-state index in [0.717, 1.165) is 0 Å². The van der Waals surface area contributed by atoms with Gasteiger partial charge in [0.15, 0.2) is 5.69 Å². The number of carbonyl (C=O) groups is 1. The molecule has 0 aliphatic rings. The van der Waals surface area contributed by atoms with Crippen molar-refractivity contribution in [2.75, 3.05) is 6.61 Å². The minimum Gasteiger partial charge on any atom is -0.492 e. The van der Waals surface area contributed by atoms with Crippen molar-refractivity contribution in [1.29, 1.82) is 5.26 Å². The third-order valence-electron chi connectivity index (χ3n) is 2.33. The highest BCUT2D eigenvalue weighted by atomic mass is 16.5. The second-order valence-corrected chi connectivity index (χ2v) is 3.66. The van der Waals surface area contributed by atoms with E-state index in [-0.39, 0.29) is 5.69 Å². The lowest BCUT2D eigenvalue weighted by atomic mass is 10.2. The Hall–Kier alpha value is -2.88. The number of ether oxygens (including phenoxy) is 1. The molecule has 0 saturated carbocycles.